The fourth-order valence-electron chi connectivity index (χ4n) is 1.98. The van der Waals surface area contributed by atoms with Crippen LogP contribution in [-0.2, 0) is 0 Å². The Morgan fingerprint density at radius 2 is 2.10 bits per heavy atom. The van der Waals surface area contributed by atoms with Gasteiger partial charge in [-0.25, -0.2) is 4.98 Å². The lowest BCUT2D eigenvalue weighted by molar-refractivity contribution is 0.822. The van der Waals surface area contributed by atoms with Gasteiger partial charge in [-0.2, -0.15) is 5.26 Å². The maximum Gasteiger partial charge on any atom is 0.267 e. The molecular formula is C15H11N3OS2. The van der Waals surface area contributed by atoms with Crippen molar-refractivity contribution >= 4 is 33.3 Å². The predicted octanol–water partition coefficient (Wildman–Crippen LogP) is 3.45. The minimum atomic E-state index is -0.0630. The summed E-state index contributed by atoms with van der Waals surface area (Å²) in [6.07, 6.45) is 0.428. The van der Waals surface area contributed by atoms with Gasteiger partial charge < -0.3 is 0 Å². The zero-order valence-corrected chi connectivity index (χ0v) is 12.7. The maximum absolute atomic E-state index is 12.7. The molecule has 4 nitrogen and oxygen atoms in total. The van der Waals surface area contributed by atoms with Crippen LogP contribution in [0.25, 0.3) is 15.9 Å². The normalized spacial score (nSPS) is 10.6. The third-order valence-electron chi connectivity index (χ3n) is 2.93. The smallest absolute Gasteiger partial charge is 0.267 e. The Morgan fingerprint density at radius 3 is 2.86 bits per heavy atom. The Balaban J connectivity index is 2.19. The van der Waals surface area contributed by atoms with Crippen molar-refractivity contribution in [3.63, 3.8) is 0 Å². The molecule has 3 aromatic rings. The number of benzene rings is 1. The van der Waals surface area contributed by atoms with E-state index in [1.807, 2.05) is 35.7 Å². The Bertz CT molecular complexity index is 862. The Labute approximate surface area is 129 Å². The second kappa shape index (κ2) is 6.12. The maximum atomic E-state index is 12.7. The second-order valence-corrected chi connectivity index (χ2v) is 6.22. The predicted molar refractivity (Wildman–Crippen MR) is 86.2 cm³/mol. The Hall–Kier alpha value is -2.10. The molecule has 0 N–H and O–H groups in total. The highest BCUT2D eigenvalue weighted by atomic mass is 32.2. The van der Waals surface area contributed by atoms with Crippen molar-refractivity contribution in [3.05, 3.63) is 52.1 Å². The van der Waals surface area contributed by atoms with Crippen LogP contribution in [0.5, 0.6) is 0 Å². The van der Waals surface area contributed by atoms with Crippen molar-refractivity contribution in [2.45, 2.75) is 11.6 Å². The molecule has 0 radical (unpaired) electrons. The molecule has 0 aliphatic heterocycles. The summed E-state index contributed by atoms with van der Waals surface area (Å²) in [5, 5.41) is 11.8. The molecule has 21 heavy (non-hydrogen) atoms. The van der Waals surface area contributed by atoms with Crippen LogP contribution in [0.4, 0.5) is 0 Å². The fourth-order valence-corrected chi connectivity index (χ4v) is 3.65. The average molecular weight is 313 g/mol. The minimum Gasteiger partial charge on any atom is -0.268 e. The summed E-state index contributed by atoms with van der Waals surface area (Å²) in [5.74, 6) is 0.618. The number of nitriles is 1. The minimum absolute atomic E-state index is 0.0630. The van der Waals surface area contributed by atoms with E-state index in [0.717, 1.165) is 10.5 Å². The van der Waals surface area contributed by atoms with Crippen LogP contribution in [0.15, 0.2) is 51.7 Å². The first-order chi connectivity index (χ1) is 10.3. The van der Waals surface area contributed by atoms with E-state index in [9.17, 15) is 4.79 Å². The van der Waals surface area contributed by atoms with E-state index in [4.69, 9.17) is 5.26 Å². The molecule has 0 bridgehead atoms. The molecule has 0 fully saturated rings. The third-order valence-corrected chi connectivity index (χ3v) is 4.67. The lowest BCUT2D eigenvalue weighted by atomic mass is 10.3. The number of aromatic nitrogens is 2. The van der Waals surface area contributed by atoms with Gasteiger partial charge in [0.05, 0.1) is 17.1 Å². The summed E-state index contributed by atoms with van der Waals surface area (Å²) in [6.45, 7) is 0. The third kappa shape index (κ3) is 2.71. The molecular weight excluding hydrogens is 302 g/mol. The van der Waals surface area contributed by atoms with Gasteiger partial charge >= 0.3 is 0 Å². The lowest BCUT2D eigenvalue weighted by Gasteiger charge is -2.11. The highest BCUT2D eigenvalue weighted by molar-refractivity contribution is 7.99. The molecule has 0 saturated heterocycles. The lowest BCUT2D eigenvalue weighted by Crippen LogP contribution is -2.21. The van der Waals surface area contributed by atoms with Crippen molar-refractivity contribution in [3.8, 4) is 11.8 Å². The van der Waals surface area contributed by atoms with Gasteiger partial charge in [-0.3, -0.25) is 9.36 Å². The van der Waals surface area contributed by atoms with Crippen molar-refractivity contribution in [2.75, 3.05) is 5.75 Å². The Morgan fingerprint density at radius 1 is 1.29 bits per heavy atom. The van der Waals surface area contributed by atoms with Gasteiger partial charge in [0.2, 0.25) is 0 Å². The molecule has 1 aromatic carbocycles. The molecule has 104 valence electrons. The molecule has 0 spiro atoms. The van der Waals surface area contributed by atoms with E-state index in [-0.39, 0.29) is 5.56 Å². The van der Waals surface area contributed by atoms with Gasteiger partial charge in [-0.1, -0.05) is 30.0 Å². The quantitative estimate of drug-likeness (QED) is 0.420. The fraction of sp³-hybridized carbons (Fsp3) is 0.133. The van der Waals surface area contributed by atoms with E-state index in [1.54, 1.807) is 10.6 Å². The molecule has 0 saturated carbocycles. The molecule has 0 aliphatic carbocycles. The summed E-state index contributed by atoms with van der Waals surface area (Å²) in [6, 6.07) is 13.4. The van der Waals surface area contributed by atoms with Gasteiger partial charge in [-0.15, -0.1) is 11.3 Å². The van der Waals surface area contributed by atoms with E-state index in [1.165, 1.54) is 23.1 Å². The van der Waals surface area contributed by atoms with E-state index in [0.29, 0.717) is 22.7 Å². The molecule has 6 heteroatoms. The number of para-hydroxylation sites is 1. The van der Waals surface area contributed by atoms with Crippen molar-refractivity contribution in [1.29, 1.82) is 5.26 Å². The average Bonchev–Trinajstić information content (AvgIpc) is 2.97. The second-order valence-electron chi connectivity index (χ2n) is 4.27. The van der Waals surface area contributed by atoms with E-state index in [2.05, 4.69) is 11.1 Å². The van der Waals surface area contributed by atoms with Crippen LogP contribution in [0.1, 0.15) is 6.42 Å². The summed E-state index contributed by atoms with van der Waals surface area (Å²) in [4.78, 5) is 18.0. The van der Waals surface area contributed by atoms with Crippen LogP contribution in [-0.4, -0.2) is 15.3 Å². The van der Waals surface area contributed by atoms with Gasteiger partial charge in [0.25, 0.3) is 5.56 Å². The van der Waals surface area contributed by atoms with E-state index < -0.39 is 0 Å². The topological polar surface area (TPSA) is 58.7 Å². The number of hydrogen-bond acceptors (Lipinski definition) is 5. The summed E-state index contributed by atoms with van der Waals surface area (Å²) >= 11 is 2.89. The highest BCUT2D eigenvalue weighted by Crippen LogP contribution is 2.23. The van der Waals surface area contributed by atoms with Crippen molar-refractivity contribution < 1.29 is 0 Å². The monoisotopic (exact) mass is 313 g/mol. The van der Waals surface area contributed by atoms with Crippen LogP contribution in [0.2, 0.25) is 0 Å². The Kier molecular flexibility index (Phi) is 4.04. The van der Waals surface area contributed by atoms with Gasteiger partial charge in [0.1, 0.15) is 4.83 Å². The molecule has 0 atom stereocenters. The number of rotatable bonds is 4. The first kappa shape index (κ1) is 13.9. The summed E-state index contributed by atoms with van der Waals surface area (Å²) < 4.78 is 1.62. The van der Waals surface area contributed by atoms with Gasteiger partial charge in [0, 0.05) is 12.2 Å². The highest BCUT2D eigenvalue weighted by Gasteiger charge is 2.13. The molecule has 0 amide bonds. The molecule has 0 unspecified atom stereocenters. The summed E-state index contributed by atoms with van der Waals surface area (Å²) in [5.41, 5.74) is 0.731. The first-order valence-corrected chi connectivity index (χ1v) is 8.23. The van der Waals surface area contributed by atoms with E-state index >= 15 is 0 Å². The van der Waals surface area contributed by atoms with Gasteiger partial charge in [-0.05, 0) is 23.6 Å². The number of thiophene rings is 1. The molecule has 2 heterocycles. The largest absolute Gasteiger partial charge is 0.268 e. The number of nitrogens with zero attached hydrogens (tertiary/aromatic N) is 3. The standard InChI is InChI=1S/C15H11N3OS2/c16-8-4-9-21-15-17-13-12(7-10-20-13)14(19)18(15)11-5-2-1-3-6-11/h1-3,5-7,10H,4,9H2. The van der Waals surface area contributed by atoms with Crippen LogP contribution in [0, 0.1) is 11.3 Å². The molecule has 2 aromatic heterocycles. The molecule has 3 rings (SSSR count). The van der Waals surface area contributed by atoms with Crippen LogP contribution < -0.4 is 5.56 Å². The zero-order chi connectivity index (χ0) is 14.7. The van der Waals surface area contributed by atoms with Gasteiger partial charge in [0.15, 0.2) is 5.16 Å². The molecule has 0 aliphatic rings. The van der Waals surface area contributed by atoms with Crippen molar-refractivity contribution in [1.82, 2.24) is 9.55 Å². The number of hydrogen-bond donors (Lipinski definition) is 0. The van der Waals surface area contributed by atoms with Crippen LogP contribution >= 0.6 is 23.1 Å². The first-order valence-electron chi connectivity index (χ1n) is 6.36. The zero-order valence-electron chi connectivity index (χ0n) is 11.0. The SMILES string of the molecule is N#CCCSc1nc2sccc2c(=O)n1-c1ccccc1. The van der Waals surface area contributed by atoms with Crippen LogP contribution in [0.3, 0.4) is 0 Å². The summed E-state index contributed by atoms with van der Waals surface area (Å²) in [7, 11) is 0. The number of fused-ring (bicyclic) bond motifs is 1. The van der Waals surface area contributed by atoms with Crippen molar-refractivity contribution in [2.24, 2.45) is 0 Å². The number of thioether (sulfide) groups is 1.